The zero-order valence-electron chi connectivity index (χ0n) is 26.3. The molecule has 10 heteroatoms. The zero-order valence-corrected chi connectivity index (χ0v) is 26.3. The molecule has 3 aromatic carbocycles. The molecule has 10 nitrogen and oxygen atoms in total. The number of benzene rings is 3. The van der Waals surface area contributed by atoms with Crippen LogP contribution in [0.1, 0.15) is 56.6 Å². The summed E-state index contributed by atoms with van der Waals surface area (Å²) >= 11 is 0. The first-order valence-electron chi connectivity index (χ1n) is 16.0. The number of esters is 1. The number of ketones is 1. The molecule has 0 aliphatic heterocycles. The molecule has 244 valence electrons. The highest BCUT2D eigenvalue weighted by Crippen LogP contribution is 2.27. The summed E-state index contributed by atoms with van der Waals surface area (Å²) in [6.45, 7) is 1.14. The van der Waals surface area contributed by atoms with E-state index >= 15 is 0 Å². The molecule has 1 unspecified atom stereocenters. The Labute approximate surface area is 269 Å². The van der Waals surface area contributed by atoms with Crippen LogP contribution >= 0.6 is 0 Å². The number of Topliss-reactive ketones (excluding diaryl/α,β-unsaturated/α-hetero) is 1. The van der Waals surface area contributed by atoms with Crippen LogP contribution in [-0.2, 0) is 46.5 Å². The lowest BCUT2D eigenvalue weighted by atomic mass is 9.84. The van der Waals surface area contributed by atoms with Gasteiger partial charge in [-0.3, -0.25) is 24.0 Å². The first-order valence-corrected chi connectivity index (χ1v) is 16.0. The second-order valence-corrected chi connectivity index (χ2v) is 11.6. The van der Waals surface area contributed by atoms with Gasteiger partial charge in [0.25, 0.3) is 5.91 Å². The molecule has 1 saturated carbocycles. The second-order valence-electron chi connectivity index (χ2n) is 11.6. The van der Waals surface area contributed by atoms with Crippen LogP contribution in [0.25, 0.3) is 10.8 Å². The number of carbonyl (C=O) groups is 5. The van der Waals surface area contributed by atoms with E-state index in [9.17, 15) is 24.0 Å². The van der Waals surface area contributed by atoms with Gasteiger partial charge < -0.3 is 25.4 Å². The van der Waals surface area contributed by atoms with E-state index in [1.165, 1.54) is 0 Å². The zero-order chi connectivity index (χ0) is 32.7. The first kappa shape index (κ1) is 34.3. The van der Waals surface area contributed by atoms with Crippen molar-refractivity contribution in [3.05, 3.63) is 83.9 Å². The van der Waals surface area contributed by atoms with Crippen LogP contribution in [0.4, 0.5) is 0 Å². The maximum Gasteiger partial charge on any atom is 0.325 e. The highest BCUT2D eigenvalue weighted by Gasteiger charge is 2.32. The molecule has 3 aromatic rings. The first-order chi connectivity index (χ1) is 22.3. The topological polar surface area (TPSA) is 140 Å². The van der Waals surface area contributed by atoms with Gasteiger partial charge >= 0.3 is 5.97 Å². The van der Waals surface area contributed by atoms with Crippen LogP contribution in [0.3, 0.4) is 0 Å². The maximum absolute atomic E-state index is 13.8. The number of nitrogens with one attached hydrogen (secondary N) is 3. The number of ether oxygens (including phenoxy) is 2. The summed E-state index contributed by atoms with van der Waals surface area (Å²) in [4.78, 5) is 64.9. The Morgan fingerprint density at radius 3 is 2.30 bits per heavy atom. The molecule has 3 amide bonds. The van der Waals surface area contributed by atoms with Crippen molar-refractivity contribution in [2.24, 2.45) is 5.92 Å². The van der Waals surface area contributed by atoms with Crippen molar-refractivity contribution in [2.45, 2.75) is 70.6 Å². The molecular weight excluding hydrogens is 586 g/mol. The van der Waals surface area contributed by atoms with Gasteiger partial charge in [-0.2, -0.15) is 0 Å². The quantitative estimate of drug-likeness (QED) is 0.162. The minimum atomic E-state index is -1.35. The van der Waals surface area contributed by atoms with Crippen LogP contribution in [0.15, 0.2) is 72.8 Å². The molecule has 1 fully saturated rings. The number of hydrogen-bond donors (Lipinski definition) is 3. The van der Waals surface area contributed by atoms with Gasteiger partial charge in [0, 0.05) is 0 Å². The maximum atomic E-state index is 13.8. The van der Waals surface area contributed by atoms with Crippen LogP contribution in [0.5, 0.6) is 0 Å². The molecule has 0 radical (unpaired) electrons. The lowest BCUT2D eigenvalue weighted by molar-refractivity contribution is -0.146. The average Bonchev–Trinajstić information content (AvgIpc) is 3.07. The predicted octanol–water partition coefficient (Wildman–Crippen LogP) is 3.79. The molecule has 1 aliphatic rings. The summed E-state index contributed by atoms with van der Waals surface area (Å²) in [5.74, 6) is -3.36. The summed E-state index contributed by atoms with van der Waals surface area (Å²) in [5.41, 5.74) is 1.69. The van der Waals surface area contributed by atoms with E-state index in [0.717, 1.165) is 54.0 Å². The summed E-state index contributed by atoms with van der Waals surface area (Å²) < 4.78 is 10.6. The fourth-order valence-electron chi connectivity index (χ4n) is 5.79. The Balaban J connectivity index is 1.48. The SMILES string of the molecule is CCOC(=O)CNC(=O)C(=O)C(COCc1ccccc1)NC(=O)[C@H](CC1CCCCC1)NC(=O)Cc1cccc2ccccc12. The standard InChI is InChI=1S/C36H43N3O7/c1-2-46-33(41)22-37-36(44)34(42)31(24-45-23-26-14-7-4-8-15-26)39-35(43)30(20-25-12-5-3-6-13-25)38-32(40)21-28-18-11-17-27-16-9-10-19-29(27)28/h4,7-11,14-19,25,30-31H,2-3,5-6,12-13,20-24H2,1H3,(H,37,44)(H,38,40)(H,39,43)/t30-,31?/m0/s1. The van der Waals surface area contributed by atoms with Crippen molar-refractivity contribution < 1.29 is 33.4 Å². The number of fused-ring (bicyclic) bond motifs is 1. The Kier molecular flexibility index (Phi) is 13.3. The molecule has 46 heavy (non-hydrogen) atoms. The van der Waals surface area contributed by atoms with Crippen molar-refractivity contribution in [3.63, 3.8) is 0 Å². The summed E-state index contributed by atoms with van der Waals surface area (Å²) in [5, 5.41) is 9.84. The van der Waals surface area contributed by atoms with E-state index in [1.54, 1.807) is 6.92 Å². The molecule has 0 spiro atoms. The van der Waals surface area contributed by atoms with E-state index in [0.29, 0.717) is 6.42 Å². The van der Waals surface area contributed by atoms with E-state index in [-0.39, 0.29) is 38.1 Å². The molecule has 0 bridgehead atoms. The largest absolute Gasteiger partial charge is 0.465 e. The van der Waals surface area contributed by atoms with Gasteiger partial charge in [0.2, 0.25) is 17.6 Å². The van der Waals surface area contributed by atoms with Gasteiger partial charge in [0.1, 0.15) is 18.6 Å². The number of rotatable bonds is 16. The molecule has 1 aliphatic carbocycles. The monoisotopic (exact) mass is 629 g/mol. The summed E-state index contributed by atoms with van der Waals surface area (Å²) in [6, 6.07) is 20.6. The van der Waals surface area contributed by atoms with Crippen molar-refractivity contribution in [3.8, 4) is 0 Å². The average molecular weight is 630 g/mol. The smallest absolute Gasteiger partial charge is 0.325 e. The van der Waals surface area contributed by atoms with Crippen molar-refractivity contribution >= 4 is 40.2 Å². The number of amides is 3. The van der Waals surface area contributed by atoms with Gasteiger partial charge in [0.15, 0.2) is 0 Å². The van der Waals surface area contributed by atoms with Crippen LogP contribution in [-0.4, -0.2) is 61.3 Å². The van der Waals surface area contributed by atoms with Gasteiger partial charge in [-0.15, -0.1) is 0 Å². The Hall–Kier alpha value is -4.57. The van der Waals surface area contributed by atoms with E-state index in [1.807, 2.05) is 72.8 Å². The van der Waals surface area contributed by atoms with E-state index < -0.39 is 42.2 Å². The van der Waals surface area contributed by atoms with Crippen LogP contribution < -0.4 is 16.0 Å². The lowest BCUT2D eigenvalue weighted by Crippen LogP contribution is -2.56. The molecule has 3 N–H and O–H groups in total. The van der Waals surface area contributed by atoms with Crippen molar-refractivity contribution in [1.82, 2.24) is 16.0 Å². The van der Waals surface area contributed by atoms with E-state index in [2.05, 4.69) is 16.0 Å². The van der Waals surface area contributed by atoms with Crippen LogP contribution in [0.2, 0.25) is 0 Å². The van der Waals surface area contributed by atoms with Crippen molar-refractivity contribution in [2.75, 3.05) is 19.8 Å². The highest BCUT2D eigenvalue weighted by molar-refractivity contribution is 6.38. The van der Waals surface area contributed by atoms with Gasteiger partial charge in [-0.05, 0) is 41.2 Å². The normalized spacial score (nSPS) is 14.5. The minimum absolute atomic E-state index is 0.0780. The molecule has 0 aromatic heterocycles. The molecule has 0 saturated heterocycles. The van der Waals surface area contributed by atoms with Crippen LogP contribution in [0, 0.1) is 5.92 Å². The molecule has 0 heterocycles. The summed E-state index contributed by atoms with van der Waals surface area (Å²) in [6.07, 6.45) is 5.62. The Morgan fingerprint density at radius 2 is 1.54 bits per heavy atom. The molecule has 2 atom stereocenters. The third-order valence-electron chi connectivity index (χ3n) is 8.13. The van der Waals surface area contributed by atoms with E-state index in [4.69, 9.17) is 9.47 Å². The van der Waals surface area contributed by atoms with Gasteiger partial charge in [-0.25, -0.2) is 0 Å². The fourth-order valence-corrected chi connectivity index (χ4v) is 5.79. The highest BCUT2D eigenvalue weighted by atomic mass is 16.5. The molecular formula is C36H43N3O7. The predicted molar refractivity (Wildman–Crippen MR) is 173 cm³/mol. The second kappa shape index (κ2) is 17.8. The van der Waals surface area contributed by atoms with Gasteiger partial charge in [-0.1, -0.05) is 105 Å². The Morgan fingerprint density at radius 1 is 0.826 bits per heavy atom. The third-order valence-corrected chi connectivity index (χ3v) is 8.13. The number of hydrogen-bond acceptors (Lipinski definition) is 7. The van der Waals surface area contributed by atoms with Gasteiger partial charge in [0.05, 0.1) is 26.2 Å². The summed E-state index contributed by atoms with van der Waals surface area (Å²) in [7, 11) is 0. The Bertz CT molecular complexity index is 1480. The molecule has 4 rings (SSSR count). The minimum Gasteiger partial charge on any atom is -0.465 e. The fraction of sp³-hybridized carbons (Fsp3) is 0.417. The lowest BCUT2D eigenvalue weighted by Gasteiger charge is -2.28. The number of carbonyl (C=O) groups excluding carboxylic acids is 5. The van der Waals surface area contributed by atoms with Crippen molar-refractivity contribution in [1.29, 1.82) is 0 Å². The third kappa shape index (κ3) is 10.5.